The molecule has 0 aliphatic heterocycles. The highest BCUT2D eigenvalue weighted by atomic mass is 16.5. The molecule has 0 saturated carbocycles. The number of rotatable bonds is 2. The van der Waals surface area contributed by atoms with Crippen molar-refractivity contribution in [3.8, 4) is 23.0 Å². The van der Waals surface area contributed by atoms with Gasteiger partial charge in [0.25, 0.3) is 0 Å². The van der Waals surface area contributed by atoms with Crippen LogP contribution in [-0.4, -0.2) is 38.7 Å². The predicted octanol–water partition coefficient (Wildman–Crippen LogP) is 3.06. The van der Waals surface area contributed by atoms with Gasteiger partial charge in [0, 0.05) is 14.2 Å². The first-order valence-electron chi connectivity index (χ1n) is 6.13. The van der Waals surface area contributed by atoms with Gasteiger partial charge in [-0.25, -0.2) is 0 Å². The quantitative estimate of drug-likeness (QED) is 0.833. The summed E-state index contributed by atoms with van der Waals surface area (Å²) in [5, 5.41) is 17.3. The van der Waals surface area contributed by atoms with E-state index < -0.39 is 0 Å². The van der Waals surface area contributed by atoms with E-state index in [-0.39, 0.29) is 11.5 Å². The van der Waals surface area contributed by atoms with E-state index in [0.717, 1.165) is 11.5 Å². The molecule has 0 saturated heterocycles. The fourth-order valence-corrected chi connectivity index (χ4v) is 1.16. The molecular weight excluding hydrogens is 272 g/mol. The Morgan fingerprint density at radius 1 is 0.571 bits per heavy atom. The fraction of sp³-hybridized carbons (Fsp3) is 0.250. The minimum absolute atomic E-state index is 0.169. The van der Waals surface area contributed by atoms with Gasteiger partial charge in [0.05, 0.1) is 14.2 Å². The number of benzene rings is 2. The Hall–Kier alpha value is -2.40. The maximum Gasteiger partial charge on any atom is 0.119 e. The predicted molar refractivity (Wildman–Crippen MR) is 82.3 cm³/mol. The zero-order valence-electron chi connectivity index (χ0n) is 12.7. The number of aromatic hydroxyl groups is 2. The van der Waals surface area contributed by atoms with Gasteiger partial charge in [-0.1, -0.05) is 0 Å². The van der Waals surface area contributed by atoms with Gasteiger partial charge < -0.3 is 24.4 Å². The molecule has 0 aromatic heterocycles. The van der Waals surface area contributed by atoms with Gasteiger partial charge in [-0.2, -0.15) is 0 Å². The molecule has 116 valence electrons. The number of phenolic OH excluding ortho intramolecular Hbond substituents is 2. The maximum absolute atomic E-state index is 8.65. The molecule has 0 bridgehead atoms. The highest BCUT2D eigenvalue weighted by molar-refractivity contribution is 5.31. The zero-order valence-corrected chi connectivity index (χ0v) is 12.7. The summed E-state index contributed by atoms with van der Waals surface area (Å²) in [6.45, 7) is 0. The number of hydrogen-bond acceptors (Lipinski definition) is 5. The molecule has 0 heterocycles. The summed E-state index contributed by atoms with van der Waals surface area (Å²) in [4.78, 5) is 0. The Labute approximate surface area is 125 Å². The fourth-order valence-electron chi connectivity index (χ4n) is 1.16. The second kappa shape index (κ2) is 11.4. The lowest BCUT2D eigenvalue weighted by atomic mass is 10.3. The molecule has 5 heteroatoms. The molecule has 0 fully saturated rings. The first kappa shape index (κ1) is 18.6. The molecule has 2 aromatic rings. The molecule has 21 heavy (non-hydrogen) atoms. The lowest BCUT2D eigenvalue weighted by Gasteiger charge is -2.00. The van der Waals surface area contributed by atoms with Crippen molar-refractivity contribution in [3.05, 3.63) is 48.5 Å². The van der Waals surface area contributed by atoms with Crippen LogP contribution in [0.2, 0.25) is 0 Å². The van der Waals surface area contributed by atoms with Crippen LogP contribution in [0, 0.1) is 0 Å². The van der Waals surface area contributed by atoms with E-state index in [1.807, 2.05) is 24.3 Å². The Balaban J connectivity index is 0.000000327. The van der Waals surface area contributed by atoms with Gasteiger partial charge in [0.1, 0.15) is 23.0 Å². The van der Waals surface area contributed by atoms with E-state index in [1.165, 1.54) is 24.3 Å². The van der Waals surface area contributed by atoms with Crippen molar-refractivity contribution in [2.24, 2.45) is 0 Å². The van der Waals surface area contributed by atoms with E-state index >= 15 is 0 Å². The molecule has 0 unspecified atom stereocenters. The van der Waals surface area contributed by atoms with Crippen LogP contribution in [0.4, 0.5) is 0 Å². The molecule has 0 atom stereocenters. The van der Waals surface area contributed by atoms with Crippen molar-refractivity contribution in [2.45, 2.75) is 0 Å². The molecule has 0 amide bonds. The lowest BCUT2D eigenvalue weighted by molar-refractivity contribution is 0.277. The third kappa shape index (κ3) is 9.18. The molecule has 2 N–H and O–H groups in total. The highest BCUT2D eigenvalue weighted by Gasteiger charge is 1.90. The summed E-state index contributed by atoms with van der Waals surface area (Å²) >= 11 is 0. The monoisotopic (exact) mass is 294 g/mol. The first-order valence-corrected chi connectivity index (χ1v) is 6.13. The summed E-state index contributed by atoms with van der Waals surface area (Å²) in [6.07, 6.45) is 0. The van der Waals surface area contributed by atoms with Gasteiger partial charge >= 0.3 is 0 Å². The molecule has 0 radical (unpaired) electrons. The smallest absolute Gasteiger partial charge is 0.119 e. The van der Waals surface area contributed by atoms with Crippen molar-refractivity contribution >= 4 is 0 Å². The van der Waals surface area contributed by atoms with Crippen molar-refractivity contribution in [1.29, 1.82) is 0 Å². The van der Waals surface area contributed by atoms with Crippen LogP contribution in [0.15, 0.2) is 48.5 Å². The van der Waals surface area contributed by atoms with Gasteiger partial charge in [-0.3, -0.25) is 0 Å². The Morgan fingerprint density at radius 2 is 0.810 bits per heavy atom. The Morgan fingerprint density at radius 3 is 1.00 bits per heavy atom. The second-order valence-electron chi connectivity index (χ2n) is 3.80. The molecule has 2 rings (SSSR count). The van der Waals surface area contributed by atoms with Crippen LogP contribution in [0.25, 0.3) is 0 Å². The van der Waals surface area contributed by atoms with Gasteiger partial charge in [0.2, 0.25) is 0 Å². The van der Waals surface area contributed by atoms with Crippen LogP contribution >= 0.6 is 0 Å². The SMILES string of the molecule is COC.COc1ccc(OC)cc1.Oc1ccc(O)cc1. The van der Waals surface area contributed by atoms with Crippen LogP contribution in [-0.2, 0) is 4.74 Å². The summed E-state index contributed by atoms with van der Waals surface area (Å²) in [7, 11) is 6.53. The third-order valence-electron chi connectivity index (χ3n) is 2.14. The summed E-state index contributed by atoms with van der Waals surface area (Å²) in [5.74, 6) is 2.03. The minimum atomic E-state index is 0.169. The lowest BCUT2D eigenvalue weighted by Crippen LogP contribution is -1.83. The number of hydrogen-bond donors (Lipinski definition) is 2. The summed E-state index contributed by atoms with van der Waals surface area (Å²) in [6, 6.07) is 13.1. The summed E-state index contributed by atoms with van der Waals surface area (Å²) in [5.41, 5.74) is 0. The second-order valence-corrected chi connectivity index (χ2v) is 3.80. The maximum atomic E-state index is 8.65. The number of methoxy groups -OCH3 is 3. The summed E-state index contributed by atoms with van der Waals surface area (Å²) < 4.78 is 14.2. The van der Waals surface area contributed by atoms with E-state index in [0.29, 0.717) is 0 Å². The standard InChI is InChI=1S/C8H10O2.C6H6O2.C2H6O/c1-9-7-3-5-8(10-2)6-4-7;7-5-1-2-6(8)4-3-5;1-3-2/h3-6H,1-2H3;1-4,7-8H;1-2H3. The molecule has 2 aromatic carbocycles. The number of ether oxygens (including phenoxy) is 3. The zero-order chi connectivity index (χ0) is 16.1. The van der Waals surface area contributed by atoms with Crippen LogP contribution in [0.5, 0.6) is 23.0 Å². The van der Waals surface area contributed by atoms with Gasteiger partial charge in [0.15, 0.2) is 0 Å². The van der Waals surface area contributed by atoms with Crippen molar-refractivity contribution in [2.75, 3.05) is 28.4 Å². The van der Waals surface area contributed by atoms with E-state index in [4.69, 9.17) is 19.7 Å². The molecule has 0 spiro atoms. The molecular formula is C16H22O5. The minimum Gasteiger partial charge on any atom is -0.508 e. The first-order chi connectivity index (χ1) is 10.1. The van der Waals surface area contributed by atoms with Crippen molar-refractivity contribution < 1.29 is 24.4 Å². The van der Waals surface area contributed by atoms with Crippen LogP contribution in [0.1, 0.15) is 0 Å². The highest BCUT2D eigenvalue weighted by Crippen LogP contribution is 2.15. The largest absolute Gasteiger partial charge is 0.508 e. The molecule has 0 aliphatic rings. The van der Waals surface area contributed by atoms with Crippen LogP contribution in [0.3, 0.4) is 0 Å². The van der Waals surface area contributed by atoms with Gasteiger partial charge in [-0.05, 0) is 48.5 Å². The molecule has 5 nitrogen and oxygen atoms in total. The van der Waals surface area contributed by atoms with Crippen molar-refractivity contribution in [3.63, 3.8) is 0 Å². The van der Waals surface area contributed by atoms with E-state index in [1.54, 1.807) is 28.4 Å². The average Bonchev–Trinajstić information content (AvgIpc) is 2.52. The average molecular weight is 294 g/mol. The van der Waals surface area contributed by atoms with Crippen molar-refractivity contribution in [1.82, 2.24) is 0 Å². The van der Waals surface area contributed by atoms with Gasteiger partial charge in [-0.15, -0.1) is 0 Å². The Kier molecular flexibility index (Phi) is 10.1. The number of phenols is 2. The third-order valence-corrected chi connectivity index (χ3v) is 2.14. The van der Waals surface area contributed by atoms with Crippen LogP contribution < -0.4 is 9.47 Å². The normalized spacial score (nSPS) is 8.57. The van der Waals surface area contributed by atoms with E-state index in [9.17, 15) is 0 Å². The molecule has 0 aliphatic carbocycles. The van der Waals surface area contributed by atoms with E-state index in [2.05, 4.69) is 4.74 Å². The Bertz CT molecular complexity index is 421. The topological polar surface area (TPSA) is 68.2 Å².